The minimum absolute atomic E-state index is 0.108. The number of oxazole rings is 1. The minimum atomic E-state index is -0.123. The highest BCUT2D eigenvalue weighted by atomic mass is 16.3. The molecule has 3 heterocycles. The second-order valence-corrected chi connectivity index (χ2v) is 25.5. The lowest BCUT2D eigenvalue weighted by molar-refractivity contribution is 0.568. The molecule has 0 fully saturated rings. The first-order valence-corrected chi connectivity index (χ1v) is 26.5. The summed E-state index contributed by atoms with van der Waals surface area (Å²) in [5, 5.41) is 9.85. The van der Waals surface area contributed by atoms with E-state index in [1.807, 2.05) is 24.3 Å². The van der Waals surface area contributed by atoms with Gasteiger partial charge in [-0.2, -0.15) is 0 Å². The molecule has 1 aromatic heterocycles. The fourth-order valence-electron chi connectivity index (χ4n) is 11.8. The van der Waals surface area contributed by atoms with E-state index in [1.165, 1.54) is 93.1 Å². The van der Waals surface area contributed by atoms with E-state index < -0.39 is 0 Å². The summed E-state index contributed by atoms with van der Waals surface area (Å²) < 4.78 is 6.81. The summed E-state index contributed by atoms with van der Waals surface area (Å²) in [7, 11) is 0. The number of fused-ring (bicyclic) bond motifs is 9. The lowest BCUT2D eigenvalue weighted by atomic mass is 9.33. The van der Waals surface area contributed by atoms with Crippen LogP contribution < -0.4 is 26.2 Å². The van der Waals surface area contributed by atoms with Crippen molar-refractivity contribution < 1.29 is 4.42 Å². The first-order chi connectivity index (χ1) is 35.1. The summed E-state index contributed by atoms with van der Waals surface area (Å²) in [6, 6.07) is 64.8. The second kappa shape index (κ2) is 15.9. The third-order valence-corrected chi connectivity index (χ3v) is 16.1. The quantitative estimate of drug-likeness (QED) is 0.130. The molecule has 0 aliphatic carbocycles. The van der Waals surface area contributed by atoms with Crippen LogP contribution in [0.15, 0.2) is 174 Å². The van der Waals surface area contributed by atoms with Crippen LogP contribution in [0.3, 0.4) is 0 Å². The van der Waals surface area contributed by atoms with Gasteiger partial charge in [-0.1, -0.05) is 168 Å². The van der Waals surface area contributed by atoms with Crippen molar-refractivity contribution in [2.24, 2.45) is 0 Å². The predicted octanol–water partition coefficient (Wildman–Crippen LogP) is 17.4. The summed E-state index contributed by atoms with van der Waals surface area (Å²) in [6.07, 6.45) is 0. The van der Waals surface area contributed by atoms with Crippen LogP contribution in [-0.2, 0) is 21.7 Å². The highest BCUT2D eigenvalue weighted by Crippen LogP contribution is 2.50. The van der Waals surface area contributed by atoms with E-state index in [4.69, 9.17) is 9.40 Å². The first kappa shape index (κ1) is 46.2. The topological polar surface area (TPSA) is 32.5 Å². The van der Waals surface area contributed by atoms with Crippen molar-refractivity contribution in [3.8, 4) is 11.5 Å². The van der Waals surface area contributed by atoms with E-state index in [-0.39, 0.29) is 28.4 Å². The van der Waals surface area contributed by atoms with Crippen LogP contribution >= 0.6 is 0 Å². The minimum Gasteiger partial charge on any atom is -0.436 e. The van der Waals surface area contributed by atoms with Crippen molar-refractivity contribution in [3.63, 3.8) is 0 Å². The Labute approximate surface area is 436 Å². The molecule has 364 valence electrons. The molecule has 74 heavy (non-hydrogen) atoms. The molecule has 2 aliphatic heterocycles. The molecule has 0 saturated heterocycles. The molecule has 10 aromatic carbocycles. The summed E-state index contributed by atoms with van der Waals surface area (Å²) in [6.45, 7) is 28.0. The SMILES string of the molecule is CC(C)(C)c1cc(N2c3cc4cc5ccccc5cc4cc3B3c4cc5cc6ccccc6cc5cc4N(c4cc(C(C)(C)C)cc(C(C)(C)C)c4)c4cc(-c5nc6ccccc6o5)cc2c43)cc(C(C)(C)C)c1. The molecule has 13 rings (SSSR count). The number of rotatable bonds is 3. The Kier molecular flexibility index (Phi) is 9.95. The molecular weight excluding hydrogens is 898 g/mol. The number of hydrogen-bond acceptors (Lipinski definition) is 4. The lowest BCUT2D eigenvalue weighted by Crippen LogP contribution is -2.61. The summed E-state index contributed by atoms with van der Waals surface area (Å²) in [4.78, 5) is 10.4. The molecule has 0 atom stereocenters. The molecule has 0 spiro atoms. The van der Waals surface area contributed by atoms with Crippen molar-refractivity contribution in [2.45, 2.75) is 105 Å². The van der Waals surface area contributed by atoms with Gasteiger partial charge in [0.05, 0.1) is 0 Å². The zero-order valence-electron chi connectivity index (χ0n) is 45.0. The van der Waals surface area contributed by atoms with Gasteiger partial charge in [0.15, 0.2) is 5.58 Å². The van der Waals surface area contributed by atoms with Gasteiger partial charge in [-0.3, -0.25) is 0 Å². The zero-order chi connectivity index (χ0) is 51.4. The molecule has 0 radical (unpaired) electrons. The van der Waals surface area contributed by atoms with Crippen LogP contribution in [0.2, 0.25) is 0 Å². The van der Waals surface area contributed by atoms with Gasteiger partial charge in [0, 0.05) is 39.7 Å². The second-order valence-electron chi connectivity index (χ2n) is 25.5. The van der Waals surface area contributed by atoms with E-state index in [9.17, 15) is 0 Å². The molecule has 0 amide bonds. The van der Waals surface area contributed by atoms with Crippen molar-refractivity contribution in [1.29, 1.82) is 0 Å². The summed E-state index contributed by atoms with van der Waals surface area (Å²) >= 11 is 0. The Morgan fingerprint density at radius 3 is 1.11 bits per heavy atom. The molecule has 5 heteroatoms. The van der Waals surface area contributed by atoms with Gasteiger partial charge in [-0.15, -0.1) is 0 Å². The molecule has 11 aromatic rings. The van der Waals surface area contributed by atoms with Crippen molar-refractivity contribution in [2.75, 3.05) is 9.80 Å². The van der Waals surface area contributed by atoms with Crippen LogP contribution in [0.5, 0.6) is 0 Å². The third kappa shape index (κ3) is 7.52. The predicted molar refractivity (Wildman–Crippen MR) is 318 cm³/mol. The molecule has 0 bridgehead atoms. The van der Waals surface area contributed by atoms with Gasteiger partial charge in [-0.25, -0.2) is 4.98 Å². The standard InChI is InChI=1S/C69H64BN3O/c1-66(2,3)50-35-51(67(4,5)6)38-54(37-50)72-59-31-47-27-43-21-15-13-19-41(43)25-45(47)29-56(59)70-57-30-46-26-42-20-14-16-22-44(42)28-48(46)32-60(57)73(55-39-52(68(7,8)9)36-53(40-55)69(10,11)12)62-34-49(33-61(72)64(62)70)65-71-58-23-17-18-24-63(58)74-65/h13-40H,1-12H3. The summed E-state index contributed by atoms with van der Waals surface area (Å²) in [5.41, 5.74) is 18.1. The van der Waals surface area contributed by atoms with E-state index in [0.29, 0.717) is 5.89 Å². The Morgan fingerprint density at radius 2 is 0.730 bits per heavy atom. The number of hydrogen-bond donors (Lipinski definition) is 0. The van der Waals surface area contributed by atoms with E-state index in [1.54, 1.807) is 0 Å². The first-order valence-electron chi connectivity index (χ1n) is 26.5. The van der Waals surface area contributed by atoms with E-state index >= 15 is 0 Å². The molecule has 0 saturated carbocycles. The van der Waals surface area contributed by atoms with Gasteiger partial charge in [-0.05, 0) is 188 Å². The van der Waals surface area contributed by atoms with Gasteiger partial charge >= 0.3 is 0 Å². The maximum Gasteiger partial charge on any atom is 0.252 e. The maximum absolute atomic E-state index is 6.81. The Balaban J connectivity index is 1.22. The number of benzene rings is 10. The van der Waals surface area contributed by atoms with Gasteiger partial charge in [0.25, 0.3) is 6.71 Å². The molecule has 2 aliphatic rings. The lowest BCUT2D eigenvalue weighted by Gasteiger charge is -2.45. The zero-order valence-corrected chi connectivity index (χ0v) is 45.0. The fraction of sp³-hybridized carbons (Fsp3) is 0.232. The van der Waals surface area contributed by atoms with Crippen LogP contribution in [0.1, 0.15) is 105 Å². The van der Waals surface area contributed by atoms with Crippen LogP contribution in [0, 0.1) is 0 Å². The molecular formula is C69H64BN3O. The van der Waals surface area contributed by atoms with Crippen LogP contribution in [-0.4, -0.2) is 11.7 Å². The Hall–Kier alpha value is -7.63. The fourth-order valence-corrected chi connectivity index (χ4v) is 11.8. The smallest absolute Gasteiger partial charge is 0.252 e. The monoisotopic (exact) mass is 962 g/mol. The normalized spacial score (nSPS) is 13.9. The average Bonchev–Trinajstić information content (AvgIpc) is 3.80. The van der Waals surface area contributed by atoms with Crippen LogP contribution in [0.4, 0.5) is 34.1 Å². The van der Waals surface area contributed by atoms with Gasteiger partial charge in [0.1, 0.15) is 5.52 Å². The third-order valence-electron chi connectivity index (χ3n) is 16.1. The maximum atomic E-state index is 6.81. The van der Waals surface area contributed by atoms with Crippen molar-refractivity contribution in [1.82, 2.24) is 4.98 Å². The van der Waals surface area contributed by atoms with Gasteiger partial charge in [0.2, 0.25) is 5.89 Å². The largest absolute Gasteiger partial charge is 0.436 e. The van der Waals surface area contributed by atoms with Crippen LogP contribution in [0.25, 0.3) is 65.6 Å². The number of para-hydroxylation sites is 2. The van der Waals surface area contributed by atoms with Gasteiger partial charge < -0.3 is 14.2 Å². The van der Waals surface area contributed by atoms with E-state index in [2.05, 4.69) is 238 Å². The summed E-state index contributed by atoms with van der Waals surface area (Å²) in [5.74, 6) is 0.603. The number of anilines is 6. The Morgan fingerprint density at radius 1 is 0.365 bits per heavy atom. The average molecular weight is 962 g/mol. The molecule has 0 N–H and O–H groups in total. The highest BCUT2D eigenvalue weighted by Gasteiger charge is 2.45. The molecule has 4 nitrogen and oxygen atoms in total. The molecule has 0 unspecified atom stereocenters. The van der Waals surface area contributed by atoms with Crippen molar-refractivity contribution >= 4 is 111 Å². The van der Waals surface area contributed by atoms with Crippen molar-refractivity contribution in [3.05, 3.63) is 192 Å². The number of aromatic nitrogens is 1. The Bertz CT molecular complexity index is 3830. The van der Waals surface area contributed by atoms with E-state index in [0.717, 1.165) is 39.4 Å². The highest BCUT2D eigenvalue weighted by molar-refractivity contribution is 7.00. The number of nitrogens with zero attached hydrogens (tertiary/aromatic N) is 3.